The van der Waals surface area contributed by atoms with Crippen LogP contribution in [0.15, 0.2) is 24.4 Å². The molecule has 0 saturated carbocycles. The summed E-state index contributed by atoms with van der Waals surface area (Å²) in [4.78, 5) is 5.56. The molecule has 0 fully saturated rings. The first-order chi connectivity index (χ1) is 8.08. The summed E-state index contributed by atoms with van der Waals surface area (Å²) in [5, 5.41) is 10.6. The molecule has 1 aromatic carbocycles. The summed E-state index contributed by atoms with van der Waals surface area (Å²) in [6, 6.07) is 6.02. The topological polar surface area (TPSA) is 39.3 Å². The molecule has 0 aliphatic carbocycles. The minimum Gasteiger partial charge on any atom is -0.508 e. The van der Waals surface area contributed by atoms with E-state index >= 15 is 0 Å². The molecule has 2 aromatic rings. The Balaban J connectivity index is 2.16. The minimum atomic E-state index is 0.329. The van der Waals surface area contributed by atoms with Gasteiger partial charge in [0.1, 0.15) is 5.75 Å². The van der Waals surface area contributed by atoms with Crippen LogP contribution in [0.25, 0.3) is 10.9 Å². The predicted octanol–water partition coefficient (Wildman–Crippen LogP) is 2.76. The molecule has 0 radical (unpaired) electrons. The molecule has 0 aliphatic rings. The molecule has 0 saturated heterocycles. The molecule has 0 aliphatic heterocycles. The van der Waals surface area contributed by atoms with Gasteiger partial charge in [-0.05, 0) is 51.1 Å². The fraction of sp³-hybridized carbons (Fsp3) is 0.429. The number of rotatable bonds is 4. The average Bonchev–Trinajstić information content (AvgIpc) is 2.68. The number of aromatic hydroxyl groups is 1. The molecular formula is C14H20N2O. The van der Waals surface area contributed by atoms with Gasteiger partial charge in [0, 0.05) is 29.7 Å². The molecule has 17 heavy (non-hydrogen) atoms. The van der Waals surface area contributed by atoms with Crippen LogP contribution in [0.1, 0.15) is 19.4 Å². The van der Waals surface area contributed by atoms with Crippen molar-refractivity contribution in [3.8, 4) is 5.75 Å². The second-order valence-electron chi connectivity index (χ2n) is 4.87. The molecule has 0 spiro atoms. The van der Waals surface area contributed by atoms with Gasteiger partial charge in [0.2, 0.25) is 0 Å². The highest BCUT2D eigenvalue weighted by Gasteiger charge is 2.07. The second kappa shape index (κ2) is 4.80. The first-order valence-electron chi connectivity index (χ1n) is 6.07. The smallest absolute Gasteiger partial charge is 0.116 e. The molecule has 1 heterocycles. The lowest BCUT2D eigenvalue weighted by molar-refractivity contribution is 0.278. The number of hydrogen-bond acceptors (Lipinski definition) is 2. The predicted molar refractivity (Wildman–Crippen MR) is 71.4 cm³/mol. The van der Waals surface area contributed by atoms with E-state index in [9.17, 15) is 5.11 Å². The molecule has 0 unspecified atom stereocenters. The third-order valence-corrected chi connectivity index (χ3v) is 3.37. The number of aromatic nitrogens is 1. The van der Waals surface area contributed by atoms with Gasteiger partial charge >= 0.3 is 0 Å². The Bertz CT molecular complexity index is 502. The highest BCUT2D eigenvalue weighted by atomic mass is 16.3. The van der Waals surface area contributed by atoms with Crippen molar-refractivity contribution in [2.45, 2.75) is 26.3 Å². The van der Waals surface area contributed by atoms with Gasteiger partial charge in [0.05, 0.1) is 0 Å². The van der Waals surface area contributed by atoms with Gasteiger partial charge in [-0.3, -0.25) is 0 Å². The number of phenols is 1. The summed E-state index contributed by atoms with van der Waals surface area (Å²) in [6.45, 7) is 5.42. The lowest BCUT2D eigenvalue weighted by atomic mass is 10.1. The number of benzene rings is 1. The Morgan fingerprint density at radius 1 is 1.35 bits per heavy atom. The van der Waals surface area contributed by atoms with Crippen LogP contribution in [0, 0.1) is 0 Å². The fourth-order valence-corrected chi connectivity index (χ4v) is 1.93. The summed E-state index contributed by atoms with van der Waals surface area (Å²) in [7, 11) is 2.14. The van der Waals surface area contributed by atoms with Gasteiger partial charge < -0.3 is 15.0 Å². The maximum Gasteiger partial charge on any atom is 0.116 e. The highest BCUT2D eigenvalue weighted by molar-refractivity contribution is 5.84. The third-order valence-electron chi connectivity index (χ3n) is 3.37. The van der Waals surface area contributed by atoms with Crippen molar-refractivity contribution in [1.29, 1.82) is 0 Å². The molecule has 3 heteroatoms. The van der Waals surface area contributed by atoms with Crippen LogP contribution in [-0.2, 0) is 6.42 Å². The van der Waals surface area contributed by atoms with E-state index in [1.165, 1.54) is 5.56 Å². The number of fused-ring (bicyclic) bond motifs is 1. The molecule has 0 atom stereocenters. The van der Waals surface area contributed by atoms with Crippen molar-refractivity contribution in [3.63, 3.8) is 0 Å². The van der Waals surface area contributed by atoms with Crippen LogP contribution in [0.4, 0.5) is 0 Å². The first kappa shape index (κ1) is 12.0. The number of likely N-dealkylation sites (N-methyl/N-ethyl adjacent to an activating group) is 1. The number of nitrogens with one attached hydrogen (secondary N) is 1. The lowest BCUT2D eigenvalue weighted by Gasteiger charge is -2.20. The quantitative estimate of drug-likeness (QED) is 0.850. The Labute approximate surface area is 102 Å². The van der Waals surface area contributed by atoms with Gasteiger partial charge in [0.15, 0.2) is 0 Å². The third kappa shape index (κ3) is 2.61. The maximum atomic E-state index is 9.51. The number of nitrogens with zero attached hydrogens (tertiary/aromatic N) is 1. The largest absolute Gasteiger partial charge is 0.508 e. The first-order valence-corrected chi connectivity index (χ1v) is 6.07. The van der Waals surface area contributed by atoms with Crippen LogP contribution in [0.3, 0.4) is 0 Å². The van der Waals surface area contributed by atoms with Crippen molar-refractivity contribution in [1.82, 2.24) is 9.88 Å². The fourth-order valence-electron chi connectivity index (χ4n) is 1.93. The standard InChI is InChI=1S/C14H20N2O/c1-10(2)16(3)7-6-11-9-15-14-5-4-12(17)8-13(11)14/h4-5,8-10,15,17H,6-7H2,1-3H3. The van der Waals surface area contributed by atoms with E-state index in [1.54, 1.807) is 6.07 Å². The Hall–Kier alpha value is -1.48. The zero-order chi connectivity index (χ0) is 12.4. The normalized spacial score (nSPS) is 11.8. The Morgan fingerprint density at radius 2 is 2.12 bits per heavy atom. The van der Waals surface area contributed by atoms with Gasteiger partial charge in [-0.25, -0.2) is 0 Å². The van der Waals surface area contributed by atoms with E-state index < -0.39 is 0 Å². The lowest BCUT2D eigenvalue weighted by Crippen LogP contribution is -2.28. The van der Waals surface area contributed by atoms with Gasteiger partial charge in [-0.15, -0.1) is 0 Å². The molecule has 0 amide bonds. The SMILES string of the molecule is CC(C)N(C)CCc1c[nH]c2ccc(O)cc12. The van der Waals surface area contributed by atoms with Crippen molar-refractivity contribution >= 4 is 10.9 Å². The van der Waals surface area contributed by atoms with E-state index in [0.717, 1.165) is 23.9 Å². The van der Waals surface area contributed by atoms with Crippen molar-refractivity contribution in [2.75, 3.05) is 13.6 Å². The second-order valence-corrected chi connectivity index (χ2v) is 4.87. The summed E-state index contributed by atoms with van der Waals surface area (Å²) < 4.78 is 0. The van der Waals surface area contributed by atoms with Crippen LogP contribution in [0.5, 0.6) is 5.75 Å². The summed E-state index contributed by atoms with van der Waals surface area (Å²) in [5.41, 5.74) is 2.36. The molecule has 1 aromatic heterocycles. The molecule has 3 nitrogen and oxygen atoms in total. The summed E-state index contributed by atoms with van der Waals surface area (Å²) in [5.74, 6) is 0.329. The van der Waals surface area contributed by atoms with Gasteiger partial charge in [-0.1, -0.05) is 0 Å². The zero-order valence-electron chi connectivity index (χ0n) is 10.7. The van der Waals surface area contributed by atoms with E-state index in [4.69, 9.17) is 0 Å². The van der Waals surface area contributed by atoms with E-state index in [1.807, 2.05) is 18.3 Å². The average molecular weight is 232 g/mol. The van der Waals surface area contributed by atoms with E-state index in [-0.39, 0.29) is 0 Å². The van der Waals surface area contributed by atoms with Crippen molar-refractivity contribution < 1.29 is 5.11 Å². The highest BCUT2D eigenvalue weighted by Crippen LogP contribution is 2.23. The Kier molecular flexibility index (Phi) is 3.38. The number of H-pyrrole nitrogens is 1. The van der Waals surface area contributed by atoms with Crippen LogP contribution < -0.4 is 0 Å². The van der Waals surface area contributed by atoms with Gasteiger partial charge in [-0.2, -0.15) is 0 Å². The monoisotopic (exact) mass is 232 g/mol. The van der Waals surface area contributed by atoms with Crippen LogP contribution >= 0.6 is 0 Å². The zero-order valence-corrected chi connectivity index (χ0v) is 10.7. The van der Waals surface area contributed by atoms with E-state index in [2.05, 4.69) is 30.8 Å². The molecular weight excluding hydrogens is 212 g/mol. The van der Waals surface area contributed by atoms with Crippen LogP contribution in [-0.4, -0.2) is 34.6 Å². The molecule has 92 valence electrons. The Morgan fingerprint density at radius 3 is 2.82 bits per heavy atom. The number of aromatic amines is 1. The van der Waals surface area contributed by atoms with Crippen molar-refractivity contribution in [2.24, 2.45) is 0 Å². The summed E-state index contributed by atoms with van der Waals surface area (Å²) in [6.07, 6.45) is 3.04. The maximum absolute atomic E-state index is 9.51. The molecule has 2 rings (SSSR count). The van der Waals surface area contributed by atoms with Gasteiger partial charge in [0.25, 0.3) is 0 Å². The van der Waals surface area contributed by atoms with Crippen molar-refractivity contribution in [3.05, 3.63) is 30.0 Å². The molecule has 0 bridgehead atoms. The number of hydrogen-bond donors (Lipinski definition) is 2. The van der Waals surface area contributed by atoms with E-state index in [0.29, 0.717) is 11.8 Å². The summed E-state index contributed by atoms with van der Waals surface area (Å²) >= 11 is 0. The molecule has 2 N–H and O–H groups in total. The number of phenolic OH excluding ortho intramolecular Hbond substituents is 1. The van der Waals surface area contributed by atoms with Crippen LogP contribution in [0.2, 0.25) is 0 Å². The minimum absolute atomic E-state index is 0.329.